The lowest BCUT2D eigenvalue weighted by Gasteiger charge is -2.33. The van der Waals surface area contributed by atoms with Crippen molar-refractivity contribution in [1.29, 1.82) is 0 Å². The van der Waals surface area contributed by atoms with Crippen molar-refractivity contribution in [3.05, 3.63) is 22.8 Å². The van der Waals surface area contributed by atoms with Crippen LogP contribution in [-0.4, -0.2) is 23.8 Å². The summed E-state index contributed by atoms with van der Waals surface area (Å²) in [5.41, 5.74) is 3.38. The maximum Gasteiger partial charge on any atom is 0.334 e. The Morgan fingerprint density at radius 3 is 2.83 bits per heavy atom. The summed E-state index contributed by atoms with van der Waals surface area (Å²) in [6.07, 6.45) is 5.93. The van der Waals surface area contributed by atoms with Gasteiger partial charge in [-0.05, 0) is 68.8 Å². The molecule has 0 amide bonds. The monoisotopic (exact) mass is 318 g/mol. The molecule has 0 bridgehead atoms. The number of hydrogen-bond donors (Lipinski definition) is 1. The molecule has 1 heterocycles. The molecule has 0 spiro atoms. The van der Waals surface area contributed by atoms with Crippen LogP contribution in [0.25, 0.3) is 0 Å². The van der Waals surface area contributed by atoms with Crippen molar-refractivity contribution in [1.82, 2.24) is 0 Å². The molecule has 3 nitrogen and oxygen atoms in total. The molecule has 0 saturated heterocycles. The fourth-order valence-electron chi connectivity index (χ4n) is 4.74. The van der Waals surface area contributed by atoms with E-state index >= 15 is 0 Å². The highest BCUT2D eigenvalue weighted by molar-refractivity contribution is 5.93. The highest BCUT2D eigenvalue weighted by atomic mass is 16.5. The van der Waals surface area contributed by atoms with E-state index in [9.17, 15) is 9.90 Å². The third kappa shape index (κ3) is 3.26. The summed E-state index contributed by atoms with van der Waals surface area (Å²) < 4.78 is 5.38. The van der Waals surface area contributed by atoms with Crippen LogP contribution in [0.1, 0.15) is 53.4 Å². The number of allylic oxidation sites excluding steroid dienone is 2. The standard InChI is InChI=1S/C20H30O3/c1-11(2)6-5-7-12(3)18-16-10-23-20(22)19(16)15-9-14(15)13(4)8-17(18)21/h6,12-15,17-18,21H,5,7-10H2,1-4H3/t12-,13-,14+,15+,17-,18+/m0/s1. The number of aliphatic hydroxyl groups excluding tert-OH is 1. The van der Waals surface area contributed by atoms with E-state index in [-0.39, 0.29) is 18.0 Å². The number of hydrogen-bond acceptors (Lipinski definition) is 3. The molecule has 128 valence electrons. The minimum absolute atomic E-state index is 0.0750. The first kappa shape index (κ1) is 16.8. The predicted molar refractivity (Wildman–Crippen MR) is 90.7 cm³/mol. The van der Waals surface area contributed by atoms with E-state index < -0.39 is 0 Å². The largest absolute Gasteiger partial charge is 0.458 e. The van der Waals surface area contributed by atoms with Crippen LogP contribution in [-0.2, 0) is 9.53 Å². The van der Waals surface area contributed by atoms with E-state index in [1.165, 1.54) is 5.57 Å². The van der Waals surface area contributed by atoms with Crippen LogP contribution < -0.4 is 0 Å². The number of fused-ring (bicyclic) bond motifs is 2. The number of carbonyl (C=O) groups excluding carboxylic acids is 1. The van der Waals surface area contributed by atoms with Gasteiger partial charge in [0.15, 0.2) is 0 Å². The molecule has 1 N–H and O–H groups in total. The van der Waals surface area contributed by atoms with Gasteiger partial charge >= 0.3 is 5.97 Å². The Labute approximate surface area is 139 Å². The van der Waals surface area contributed by atoms with Crippen molar-refractivity contribution in [2.24, 2.45) is 29.6 Å². The summed E-state index contributed by atoms with van der Waals surface area (Å²) in [6, 6.07) is 0. The molecular weight excluding hydrogens is 288 g/mol. The van der Waals surface area contributed by atoms with Gasteiger partial charge in [0.25, 0.3) is 0 Å². The third-order valence-corrected chi connectivity index (χ3v) is 6.08. The van der Waals surface area contributed by atoms with Crippen LogP contribution >= 0.6 is 0 Å². The Hall–Kier alpha value is -1.09. The van der Waals surface area contributed by atoms with Gasteiger partial charge in [0.05, 0.1) is 6.10 Å². The second-order valence-electron chi connectivity index (χ2n) is 8.16. The molecule has 1 aliphatic heterocycles. The minimum atomic E-state index is -0.354. The Morgan fingerprint density at radius 2 is 2.13 bits per heavy atom. The average molecular weight is 318 g/mol. The third-order valence-electron chi connectivity index (χ3n) is 6.08. The number of ether oxygens (including phenoxy) is 1. The van der Waals surface area contributed by atoms with Gasteiger partial charge in [-0.3, -0.25) is 0 Å². The van der Waals surface area contributed by atoms with Crippen molar-refractivity contribution in [2.45, 2.75) is 59.5 Å². The number of rotatable bonds is 4. The molecule has 0 aromatic rings. The fourth-order valence-corrected chi connectivity index (χ4v) is 4.74. The SMILES string of the molecule is CC(C)=CCC[C@H](C)[C@@H]1C2=C(C(=O)OC2)[C@@H]2C[C@@H]2[C@@H](C)C[C@@H]1O. The molecular formula is C20H30O3. The predicted octanol–water partition coefficient (Wildman–Crippen LogP) is 3.88. The summed E-state index contributed by atoms with van der Waals surface area (Å²) in [6.45, 7) is 9.09. The molecule has 0 aromatic carbocycles. The molecule has 1 saturated carbocycles. The van der Waals surface area contributed by atoms with Crippen LogP contribution in [0, 0.1) is 29.6 Å². The Balaban J connectivity index is 1.85. The molecule has 0 aromatic heterocycles. The molecule has 1 fully saturated rings. The summed E-state index contributed by atoms with van der Waals surface area (Å²) >= 11 is 0. The summed E-state index contributed by atoms with van der Waals surface area (Å²) in [4.78, 5) is 12.2. The summed E-state index contributed by atoms with van der Waals surface area (Å²) in [5, 5.41) is 10.9. The normalized spacial score (nSPS) is 37.3. The van der Waals surface area contributed by atoms with Crippen LogP contribution in [0.3, 0.4) is 0 Å². The van der Waals surface area contributed by atoms with Crippen LogP contribution in [0.15, 0.2) is 22.8 Å². The molecule has 3 rings (SSSR count). The van der Waals surface area contributed by atoms with E-state index in [1.807, 2.05) is 0 Å². The van der Waals surface area contributed by atoms with Gasteiger partial charge in [-0.25, -0.2) is 4.79 Å². The second kappa shape index (κ2) is 6.43. The van der Waals surface area contributed by atoms with Gasteiger partial charge in [-0.15, -0.1) is 0 Å². The lowest BCUT2D eigenvalue weighted by Crippen LogP contribution is -2.33. The first-order chi connectivity index (χ1) is 10.9. The van der Waals surface area contributed by atoms with Crippen molar-refractivity contribution in [3.8, 4) is 0 Å². The second-order valence-corrected chi connectivity index (χ2v) is 8.16. The van der Waals surface area contributed by atoms with E-state index in [0.29, 0.717) is 30.3 Å². The Morgan fingerprint density at radius 1 is 1.39 bits per heavy atom. The van der Waals surface area contributed by atoms with E-state index in [2.05, 4.69) is 33.8 Å². The quantitative estimate of drug-likeness (QED) is 0.632. The highest BCUT2D eigenvalue weighted by Gasteiger charge is 2.52. The number of cyclic esters (lactones) is 1. The number of carbonyl (C=O) groups is 1. The lowest BCUT2D eigenvalue weighted by atomic mass is 9.74. The fraction of sp³-hybridized carbons (Fsp3) is 0.750. The molecule has 6 atom stereocenters. The molecule has 2 aliphatic carbocycles. The van der Waals surface area contributed by atoms with Gasteiger partial charge in [-0.2, -0.15) is 0 Å². The molecule has 0 radical (unpaired) electrons. The Bertz CT molecular complexity index is 541. The summed E-state index contributed by atoms with van der Waals surface area (Å²) in [7, 11) is 0. The first-order valence-electron chi connectivity index (χ1n) is 9.11. The van der Waals surface area contributed by atoms with Gasteiger partial charge in [-0.1, -0.05) is 25.5 Å². The smallest absolute Gasteiger partial charge is 0.334 e. The van der Waals surface area contributed by atoms with Gasteiger partial charge in [0.1, 0.15) is 6.61 Å². The minimum Gasteiger partial charge on any atom is -0.458 e. The maximum atomic E-state index is 12.2. The van der Waals surface area contributed by atoms with Gasteiger partial charge in [0, 0.05) is 11.5 Å². The van der Waals surface area contributed by atoms with E-state index in [1.54, 1.807) is 0 Å². The molecule has 3 heteroatoms. The average Bonchev–Trinajstić information content (AvgIpc) is 3.15. The van der Waals surface area contributed by atoms with Crippen molar-refractivity contribution < 1.29 is 14.6 Å². The van der Waals surface area contributed by atoms with Crippen molar-refractivity contribution >= 4 is 5.97 Å². The van der Waals surface area contributed by atoms with Crippen molar-refractivity contribution in [2.75, 3.05) is 6.61 Å². The summed E-state index contributed by atoms with van der Waals surface area (Å²) in [5.74, 6) is 1.78. The Kier molecular flexibility index (Phi) is 4.68. The van der Waals surface area contributed by atoms with Crippen LogP contribution in [0.4, 0.5) is 0 Å². The number of esters is 1. The van der Waals surface area contributed by atoms with Gasteiger partial charge in [0.2, 0.25) is 0 Å². The molecule has 23 heavy (non-hydrogen) atoms. The van der Waals surface area contributed by atoms with Crippen LogP contribution in [0.5, 0.6) is 0 Å². The number of aliphatic hydroxyl groups is 1. The molecule has 0 unspecified atom stereocenters. The zero-order chi connectivity index (χ0) is 16.7. The van der Waals surface area contributed by atoms with E-state index in [0.717, 1.165) is 36.8 Å². The van der Waals surface area contributed by atoms with E-state index in [4.69, 9.17) is 4.74 Å². The highest BCUT2D eigenvalue weighted by Crippen LogP contribution is 2.55. The first-order valence-corrected chi connectivity index (χ1v) is 9.11. The van der Waals surface area contributed by atoms with Crippen molar-refractivity contribution in [3.63, 3.8) is 0 Å². The lowest BCUT2D eigenvalue weighted by molar-refractivity contribution is -0.136. The van der Waals surface area contributed by atoms with Crippen LogP contribution in [0.2, 0.25) is 0 Å². The zero-order valence-corrected chi connectivity index (χ0v) is 14.8. The zero-order valence-electron chi connectivity index (χ0n) is 14.8. The maximum absolute atomic E-state index is 12.2. The molecule has 3 aliphatic rings. The van der Waals surface area contributed by atoms with Gasteiger partial charge < -0.3 is 9.84 Å². The topological polar surface area (TPSA) is 46.5 Å².